The Hall–Kier alpha value is -1.92. The molecule has 2 atom stereocenters. The molecule has 6 heteroatoms. The van der Waals surface area contributed by atoms with Crippen LogP contribution in [-0.2, 0) is 19.1 Å². The van der Waals surface area contributed by atoms with E-state index in [9.17, 15) is 9.59 Å². The minimum atomic E-state index is -0.972. The molecule has 2 rings (SSSR count). The van der Waals surface area contributed by atoms with Crippen LogP contribution in [0.3, 0.4) is 0 Å². The van der Waals surface area contributed by atoms with Crippen LogP contribution >= 0.6 is 0 Å². The number of rotatable bonds is 5. The smallest absolute Gasteiger partial charge is 0.305 e. The van der Waals surface area contributed by atoms with Gasteiger partial charge in [0.1, 0.15) is 0 Å². The van der Waals surface area contributed by atoms with Gasteiger partial charge in [0, 0.05) is 0 Å². The molecule has 1 saturated heterocycles. The van der Waals surface area contributed by atoms with Gasteiger partial charge in [-0.2, -0.15) is 0 Å². The molecule has 1 aliphatic heterocycles. The van der Waals surface area contributed by atoms with Gasteiger partial charge in [-0.25, -0.2) is 0 Å². The molecule has 1 aromatic carbocycles. The zero-order chi connectivity index (χ0) is 14.4. The van der Waals surface area contributed by atoms with Crippen LogP contribution in [0, 0.1) is 0 Å². The van der Waals surface area contributed by atoms with Crippen LogP contribution in [0.4, 0.5) is 0 Å². The first-order valence-electron chi connectivity index (χ1n) is 6.43. The van der Waals surface area contributed by atoms with E-state index in [1.54, 1.807) is 24.3 Å². The highest BCUT2D eigenvalue weighted by molar-refractivity contribution is 5.82. The fourth-order valence-corrected chi connectivity index (χ4v) is 2.02. The minimum Gasteiger partial charge on any atom is -0.481 e. The fourth-order valence-electron chi connectivity index (χ4n) is 2.02. The van der Waals surface area contributed by atoms with E-state index in [0.29, 0.717) is 13.2 Å². The monoisotopic (exact) mass is 279 g/mol. The predicted octanol–water partition coefficient (Wildman–Crippen LogP) is 0.734. The lowest BCUT2D eigenvalue weighted by molar-refractivity contribution is -0.148. The maximum Gasteiger partial charge on any atom is 0.305 e. The molecular weight excluding hydrogens is 262 g/mol. The number of benzene rings is 1. The van der Waals surface area contributed by atoms with Gasteiger partial charge in [0.25, 0.3) is 5.91 Å². The largest absolute Gasteiger partial charge is 0.481 e. The maximum absolute atomic E-state index is 12.1. The molecule has 0 saturated carbocycles. The maximum atomic E-state index is 12.1. The lowest BCUT2D eigenvalue weighted by Gasteiger charge is -2.25. The van der Waals surface area contributed by atoms with Crippen LogP contribution in [0.1, 0.15) is 18.0 Å². The third-order valence-corrected chi connectivity index (χ3v) is 3.01. The van der Waals surface area contributed by atoms with Crippen LogP contribution in [0.15, 0.2) is 30.3 Å². The molecule has 2 unspecified atom stereocenters. The number of nitrogens with one attached hydrogen (secondary N) is 1. The second-order valence-corrected chi connectivity index (χ2v) is 4.50. The Kier molecular flexibility index (Phi) is 5.09. The molecule has 6 nitrogen and oxygen atoms in total. The summed E-state index contributed by atoms with van der Waals surface area (Å²) in [4.78, 5) is 23.0. The SMILES string of the molecule is O=C(O)CC(NC(=O)C1COCCO1)c1ccccc1. The van der Waals surface area contributed by atoms with Crippen LogP contribution in [0.2, 0.25) is 0 Å². The van der Waals surface area contributed by atoms with E-state index >= 15 is 0 Å². The number of carbonyl (C=O) groups excluding carboxylic acids is 1. The minimum absolute atomic E-state index is 0.177. The molecule has 1 amide bonds. The first-order chi connectivity index (χ1) is 9.66. The molecule has 1 aromatic rings. The van der Waals surface area contributed by atoms with Gasteiger partial charge in [-0.1, -0.05) is 30.3 Å². The van der Waals surface area contributed by atoms with Crippen LogP contribution in [0.5, 0.6) is 0 Å². The number of carboxylic acids is 1. The summed E-state index contributed by atoms with van der Waals surface area (Å²) in [5.41, 5.74) is 0.750. The van der Waals surface area contributed by atoms with E-state index in [4.69, 9.17) is 14.6 Å². The second-order valence-electron chi connectivity index (χ2n) is 4.50. The van der Waals surface area contributed by atoms with Crippen molar-refractivity contribution in [3.05, 3.63) is 35.9 Å². The summed E-state index contributed by atoms with van der Waals surface area (Å²) in [6.45, 7) is 1.04. The van der Waals surface area contributed by atoms with E-state index in [1.807, 2.05) is 6.07 Å². The average molecular weight is 279 g/mol. The second kappa shape index (κ2) is 7.02. The molecule has 1 fully saturated rings. The van der Waals surface area contributed by atoms with Crippen molar-refractivity contribution >= 4 is 11.9 Å². The molecule has 0 aromatic heterocycles. The van der Waals surface area contributed by atoms with Crippen LogP contribution in [0.25, 0.3) is 0 Å². The Morgan fingerprint density at radius 3 is 2.65 bits per heavy atom. The van der Waals surface area contributed by atoms with E-state index < -0.39 is 18.1 Å². The van der Waals surface area contributed by atoms with Gasteiger partial charge < -0.3 is 19.9 Å². The Morgan fingerprint density at radius 1 is 1.30 bits per heavy atom. The summed E-state index contributed by atoms with van der Waals surface area (Å²) in [5.74, 6) is -1.32. The highest BCUT2D eigenvalue weighted by Gasteiger charge is 2.26. The number of ether oxygens (including phenoxy) is 2. The first-order valence-corrected chi connectivity index (χ1v) is 6.43. The van der Waals surface area contributed by atoms with Crippen molar-refractivity contribution in [1.29, 1.82) is 0 Å². The van der Waals surface area contributed by atoms with Gasteiger partial charge in [-0.3, -0.25) is 9.59 Å². The molecule has 0 spiro atoms. The number of carboxylic acid groups (broad SMARTS) is 1. The molecule has 0 bridgehead atoms. The van der Waals surface area contributed by atoms with E-state index in [1.165, 1.54) is 0 Å². The predicted molar refractivity (Wildman–Crippen MR) is 70.1 cm³/mol. The van der Waals surface area contributed by atoms with Crippen molar-refractivity contribution in [1.82, 2.24) is 5.32 Å². The Balaban J connectivity index is 2.03. The first kappa shape index (κ1) is 14.5. The van der Waals surface area contributed by atoms with Gasteiger partial charge in [0.05, 0.1) is 32.3 Å². The summed E-state index contributed by atoms with van der Waals surface area (Å²) < 4.78 is 10.5. The van der Waals surface area contributed by atoms with Crippen molar-refractivity contribution in [3.63, 3.8) is 0 Å². The topological polar surface area (TPSA) is 84.9 Å². The molecule has 1 heterocycles. The molecule has 20 heavy (non-hydrogen) atoms. The number of hydrogen-bond donors (Lipinski definition) is 2. The Bertz CT molecular complexity index is 456. The Labute approximate surface area is 116 Å². The highest BCUT2D eigenvalue weighted by atomic mass is 16.6. The normalized spacial score (nSPS) is 20.1. The summed E-state index contributed by atoms with van der Waals surface area (Å²) >= 11 is 0. The quantitative estimate of drug-likeness (QED) is 0.830. The third kappa shape index (κ3) is 4.04. The van der Waals surface area contributed by atoms with Crippen molar-refractivity contribution in [3.8, 4) is 0 Å². The number of amides is 1. The molecule has 0 radical (unpaired) electrons. The van der Waals surface area contributed by atoms with Gasteiger partial charge in [-0.05, 0) is 5.56 Å². The standard InChI is InChI=1S/C14H17NO5/c16-13(17)8-11(10-4-2-1-3-5-10)15-14(18)12-9-19-6-7-20-12/h1-5,11-12H,6-9H2,(H,15,18)(H,16,17). The van der Waals surface area contributed by atoms with Crippen molar-refractivity contribution in [2.75, 3.05) is 19.8 Å². The van der Waals surface area contributed by atoms with Gasteiger partial charge in [0.15, 0.2) is 6.10 Å². The van der Waals surface area contributed by atoms with Crippen LogP contribution < -0.4 is 5.32 Å². The highest BCUT2D eigenvalue weighted by Crippen LogP contribution is 2.17. The molecule has 0 aliphatic carbocycles. The van der Waals surface area contributed by atoms with E-state index in [2.05, 4.69) is 5.32 Å². The van der Waals surface area contributed by atoms with Gasteiger partial charge >= 0.3 is 5.97 Å². The lowest BCUT2D eigenvalue weighted by atomic mass is 10.0. The number of hydrogen-bond acceptors (Lipinski definition) is 4. The third-order valence-electron chi connectivity index (χ3n) is 3.01. The average Bonchev–Trinajstić information content (AvgIpc) is 2.48. The van der Waals surface area contributed by atoms with E-state index in [-0.39, 0.29) is 18.9 Å². The van der Waals surface area contributed by atoms with Crippen molar-refractivity contribution in [2.24, 2.45) is 0 Å². The van der Waals surface area contributed by atoms with Gasteiger partial charge in [0.2, 0.25) is 0 Å². The zero-order valence-corrected chi connectivity index (χ0v) is 11.0. The lowest BCUT2D eigenvalue weighted by Crippen LogP contribution is -2.44. The molecular formula is C14H17NO5. The number of carbonyl (C=O) groups is 2. The summed E-state index contributed by atoms with van der Waals surface area (Å²) in [6.07, 6.45) is -0.854. The van der Waals surface area contributed by atoms with Crippen molar-refractivity contribution < 1.29 is 24.2 Å². The van der Waals surface area contributed by atoms with E-state index in [0.717, 1.165) is 5.56 Å². The fraction of sp³-hybridized carbons (Fsp3) is 0.429. The zero-order valence-electron chi connectivity index (χ0n) is 11.0. The number of aliphatic carboxylic acids is 1. The molecule has 2 N–H and O–H groups in total. The van der Waals surface area contributed by atoms with Crippen LogP contribution in [-0.4, -0.2) is 42.9 Å². The summed E-state index contributed by atoms with van der Waals surface area (Å²) in [5, 5.41) is 11.7. The Morgan fingerprint density at radius 2 is 2.05 bits per heavy atom. The van der Waals surface area contributed by atoms with Crippen molar-refractivity contribution in [2.45, 2.75) is 18.6 Å². The summed E-state index contributed by atoms with van der Waals surface area (Å²) in [6, 6.07) is 8.43. The summed E-state index contributed by atoms with van der Waals surface area (Å²) in [7, 11) is 0. The molecule has 1 aliphatic rings. The van der Waals surface area contributed by atoms with Gasteiger partial charge in [-0.15, -0.1) is 0 Å². The molecule has 108 valence electrons.